The molecule has 1 saturated heterocycles. The number of aromatic nitrogens is 1. The molecule has 3 unspecified atom stereocenters. The summed E-state index contributed by atoms with van der Waals surface area (Å²) in [5.74, 6) is 0.301. The van der Waals surface area contributed by atoms with Gasteiger partial charge in [-0.25, -0.2) is 0 Å². The molecule has 1 saturated carbocycles. The number of aliphatic hydroxyl groups excluding tert-OH is 1. The van der Waals surface area contributed by atoms with E-state index >= 15 is 0 Å². The monoisotopic (exact) mass is 366 g/mol. The van der Waals surface area contributed by atoms with E-state index in [0.717, 1.165) is 25.7 Å². The van der Waals surface area contributed by atoms with Gasteiger partial charge in [-0.3, -0.25) is 4.79 Å². The number of halogens is 3. The minimum Gasteiger partial charge on any atom is -0.391 e. The van der Waals surface area contributed by atoms with Crippen molar-refractivity contribution in [2.75, 3.05) is 4.90 Å². The SMILES string of the molecule is CC1CCC(C(O)C2CC2)N1c1ccc2[nH]c(=O)cc(C(F)(F)F)c2c1. The molecule has 4 nitrogen and oxygen atoms in total. The number of pyridine rings is 1. The third kappa shape index (κ3) is 2.98. The number of hydrogen-bond donors (Lipinski definition) is 2. The number of nitrogens with one attached hydrogen (secondary N) is 1. The second kappa shape index (κ2) is 6.01. The van der Waals surface area contributed by atoms with Crippen molar-refractivity contribution >= 4 is 16.6 Å². The van der Waals surface area contributed by atoms with E-state index in [1.807, 2.05) is 11.8 Å². The molecule has 1 aromatic carbocycles. The maximum absolute atomic E-state index is 13.4. The Morgan fingerprint density at radius 2 is 1.92 bits per heavy atom. The van der Waals surface area contributed by atoms with Crippen molar-refractivity contribution in [2.45, 2.75) is 57.0 Å². The first-order valence-electron chi connectivity index (χ1n) is 8.96. The van der Waals surface area contributed by atoms with Crippen molar-refractivity contribution in [1.82, 2.24) is 4.98 Å². The van der Waals surface area contributed by atoms with E-state index in [9.17, 15) is 23.1 Å². The van der Waals surface area contributed by atoms with Crippen LogP contribution in [-0.4, -0.2) is 28.3 Å². The van der Waals surface area contributed by atoms with Gasteiger partial charge >= 0.3 is 6.18 Å². The van der Waals surface area contributed by atoms with Crippen LogP contribution in [0.15, 0.2) is 29.1 Å². The van der Waals surface area contributed by atoms with Crippen molar-refractivity contribution in [3.8, 4) is 0 Å². The maximum Gasteiger partial charge on any atom is 0.417 e. The van der Waals surface area contributed by atoms with Gasteiger partial charge in [0.25, 0.3) is 0 Å². The Morgan fingerprint density at radius 1 is 1.19 bits per heavy atom. The Kier molecular flexibility index (Phi) is 4.02. The second-order valence-corrected chi connectivity index (χ2v) is 7.50. The molecule has 0 radical (unpaired) electrons. The van der Waals surface area contributed by atoms with E-state index in [1.165, 1.54) is 12.1 Å². The molecule has 2 aliphatic rings. The predicted octanol–water partition coefficient (Wildman–Crippen LogP) is 3.68. The molecule has 7 heteroatoms. The lowest BCUT2D eigenvalue weighted by Gasteiger charge is -2.34. The van der Waals surface area contributed by atoms with Crippen LogP contribution in [0.4, 0.5) is 18.9 Å². The molecule has 2 N–H and O–H groups in total. The van der Waals surface area contributed by atoms with Gasteiger partial charge in [0.1, 0.15) is 0 Å². The van der Waals surface area contributed by atoms with Crippen LogP contribution in [0.1, 0.15) is 38.2 Å². The van der Waals surface area contributed by atoms with Crippen LogP contribution in [-0.2, 0) is 6.18 Å². The molecule has 1 aliphatic carbocycles. The van der Waals surface area contributed by atoms with Crippen LogP contribution >= 0.6 is 0 Å². The average Bonchev–Trinajstić information content (AvgIpc) is 3.35. The molecule has 0 amide bonds. The highest BCUT2D eigenvalue weighted by atomic mass is 19.4. The first kappa shape index (κ1) is 17.4. The lowest BCUT2D eigenvalue weighted by Crippen LogP contribution is -2.43. The second-order valence-electron chi connectivity index (χ2n) is 7.50. The van der Waals surface area contributed by atoms with E-state index in [2.05, 4.69) is 4.98 Å². The Bertz CT molecular complexity index is 888. The highest BCUT2D eigenvalue weighted by Crippen LogP contribution is 2.42. The van der Waals surface area contributed by atoms with E-state index in [0.29, 0.717) is 17.7 Å². The number of rotatable bonds is 3. The van der Waals surface area contributed by atoms with Crippen LogP contribution in [0.25, 0.3) is 10.9 Å². The standard InChI is InChI=1S/C19H21F3N2O2/c1-10-2-7-16(18(26)11-3-4-11)24(10)12-5-6-15-13(8-12)14(19(20,21)22)9-17(25)23-15/h5-6,8-11,16,18,26H,2-4,7H2,1H3,(H,23,25). The van der Waals surface area contributed by atoms with E-state index in [4.69, 9.17) is 0 Å². The number of nitrogens with zero attached hydrogens (tertiary/aromatic N) is 1. The van der Waals surface area contributed by atoms with E-state index < -0.39 is 23.4 Å². The summed E-state index contributed by atoms with van der Waals surface area (Å²) in [4.78, 5) is 16.1. The third-order valence-corrected chi connectivity index (χ3v) is 5.64. The van der Waals surface area contributed by atoms with Crippen molar-refractivity contribution in [1.29, 1.82) is 0 Å². The van der Waals surface area contributed by atoms with Crippen LogP contribution in [0.5, 0.6) is 0 Å². The molecule has 1 aromatic heterocycles. The number of aromatic amines is 1. The zero-order chi connectivity index (χ0) is 18.6. The number of aliphatic hydroxyl groups is 1. The molecule has 2 aromatic rings. The summed E-state index contributed by atoms with van der Waals surface area (Å²) in [6.07, 6.45) is -1.31. The van der Waals surface area contributed by atoms with Crippen LogP contribution < -0.4 is 10.5 Å². The molecule has 1 aliphatic heterocycles. The van der Waals surface area contributed by atoms with Gasteiger partial charge in [0.2, 0.25) is 5.56 Å². The molecule has 3 atom stereocenters. The van der Waals surface area contributed by atoms with Gasteiger partial charge < -0.3 is 15.0 Å². The number of H-pyrrole nitrogens is 1. The molecule has 4 rings (SSSR count). The maximum atomic E-state index is 13.4. The fourth-order valence-corrected chi connectivity index (χ4v) is 4.19. The fourth-order valence-electron chi connectivity index (χ4n) is 4.19. The minimum atomic E-state index is -4.60. The van der Waals surface area contributed by atoms with E-state index in [1.54, 1.807) is 6.07 Å². The van der Waals surface area contributed by atoms with Crippen molar-refractivity contribution in [2.24, 2.45) is 5.92 Å². The van der Waals surface area contributed by atoms with Gasteiger partial charge in [0.15, 0.2) is 0 Å². The zero-order valence-corrected chi connectivity index (χ0v) is 14.4. The number of fused-ring (bicyclic) bond motifs is 1. The van der Waals surface area contributed by atoms with Gasteiger partial charge in [-0.2, -0.15) is 13.2 Å². The summed E-state index contributed by atoms with van der Waals surface area (Å²) >= 11 is 0. The molecular weight excluding hydrogens is 345 g/mol. The van der Waals surface area contributed by atoms with Gasteiger partial charge in [0.05, 0.1) is 17.7 Å². The third-order valence-electron chi connectivity index (χ3n) is 5.64. The molecule has 0 bridgehead atoms. The lowest BCUT2D eigenvalue weighted by atomic mass is 10.0. The van der Waals surface area contributed by atoms with Crippen LogP contribution in [0.2, 0.25) is 0 Å². The minimum absolute atomic E-state index is 0.0200. The summed E-state index contributed by atoms with van der Waals surface area (Å²) in [6.45, 7) is 2.03. The molecule has 140 valence electrons. The Morgan fingerprint density at radius 3 is 2.58 bits per heavy atom. The first-order valence-corrected chi connectivity index (χ1v) is 8.96. The quantitative estimate of drug-likeness (QED) is 0.871. The molecule has 0 spiro atoms. The van der Waals surface area contributed by atoms with Gasteiger partial charge in [-0.15, -0.1) is 0 Å². The Labute approximate surface area is 148 Å². The highest BCUT2D eigenvalue weighted by molar-refractivity contribution is 5.86. The molecular formula is C19H21F3N2O2. The highest BCUT2D eigenvalue weighted by Gasteiger charge is 2.42. The molecule has 2 fully saturated rings. The smallest absolute Gasteiger partial charge is 0.391 e. The number of alkyl halides is 3. The summed E-state index contributed by atoms with van der Waals surface area (Å²) in [5.41, 5.74) is -0.872. The number of benzene rings is 1. The van der Waals surface area contributed by atoms with Gasteiger partial charge in [-0.1, -0.05) is 0 Å². The van der Waals surface area contributed by atoms with Crippen molar-refractivity contribution in [3.63, 3.8) is 0 Å². The first-order chi connectivity index (χ1) is 12.3. The summed E-state index contributed by atoms with van der Waals surface area (Å²) in [5, 5.41) is 10.6. The largest absolute Gasteiger partial charge is 0.417 e. The molecule has 26 heavy (non-hydrogen) atoms. The normalized spacial score (nSPS) is 25.0. The Balaban J connectivity index is 1.81. The Hall–Kier alpha value is -2.02. The number of hydrogen-bond acceptors (Lipinski definition) is 3. The number of anilines is 1. The van der Waals surface area contributed by atoms with Gasteiger partial charge in [-0.05, 0) is 56.7 Å². The summed E-state index contributed by atoms with van der Waals surface area (Å²) in [7, 11) is 0. The predicted molar refractivity (Wildman–Crippen MR) is 93.3 cm³/mol. The average molecular weight is 366 g/mol. The zero-order valence-electron chi connectivity index (χ0n) is 14.4. The van der Waals surface area contributed by atoms with Gasteiger partial charge in [0, 0.05) is 28.7 Å². The topological polar surface area (TPSA) is 56.3 Å². The lowest BCUT2D eigenvalue weighted by molar-refractivity contribution is -0.136. The van der Waals surface area contributed by atoms with Crippen molar-refractivity contribution in [3.05, 3.63) is 40.2 Å². The fraction of sp³-hybridized carbons (Fsp3) is 0.526. The van der Waals surface area contributed by atoms with Crippen LogP contribution in [0, 0.1) is 5.92 Å². The summed E-state index contributed by atoms with van der Waals surface area (Å²) in [6, 6.07) is 5.41. The van der Waals surface area contributed by atoms with Crippen molar-refractivity contribution < 1.29 is 18.3 Å². The molecule has 2 heterocycles. The van der Waals surface area contributed by atoms with E-state index in [-0.39, 0.29) is 23.0 Å². The van der Waals surface area contributed by atoms with Crippen LogP contribution in [0.3, 0.4) is 0 Å². The summed E-state index contributed by atoms with van der Waals surface area (Å²) < 4.78 is 40.2.